The van der Waals surface area contributed by atoms with Crippen LogP contribution in [-0.2, 0) is 4.74 Å². The number of hydrogen-bond donors (Lipinski definition) is 1. The molecule has 2 aromatic rings. The Morgan fingerprint density at radius 1 is 1.10 bits per heavy atom. The van der Waals surface area contributed by atoms with Crippen LogP contribution >= 0.6 is 0 Å². The van der Waals surface area contributed by atoms with E-state index < -0.39 is 24.0 Å². The lowest BCUT2D eigenvalue weighted by Crippen LogP contribution is -2.42. The van der Waals surface area contributed by atoms with Gasteiger partial charge in [-0.2, -0.15) is 0 Å². The second-order valence-corrected chi connectivity index (χ2v) is 8.43. The Kier molecular flexibility index (Phi) is 5.96. The fourth-order valence-corrected chi connectivity index (χ4v) is 4.64. The van der Waals surface area contributed by atoms with Crippen LogP contribution in [0.1, 0.15) is 39.1 Å². The van der Waals surface area contributed by atoms with Crippen molar-refractivity contribution in [2.75, 3.05) is 20.2 Å². The second-order valence-electron chi connectivity index (χ2n) is 8.43. The van der Waals surface area contributed by atoms with Gasteiger partial charge in [0.1, 0.15) is 17.7 Å². The van der Waals surface area contributed by atoms with Crippen LogP contribution in [0.4, 0.5) is 4.39 Å². The number of rotatable bonds is 4. The fraction of sp³-hybridized carbons (Fsp3) is 0.417. The number of esters is 1. The molecule has 164 valence electrons. The van der Waals surface area contributed by atoms with Crippen LogP contribution in [0.3, 0.4) is 0 Å². The Bertz CT molecular complexity index is 994. The number of nitrogens with zero attached hydrogens (tertiary/aromatic N) is 1. The first-order valence-electron chi connectivity index (χ1n) is 10.4. The first kappa shape index (κ1) is 21.3. The SMILES string of the molecule is COC(=O)c1cccc(O[C@@H]2C[C@@H]3CN(C(=O)c4ccc(C)cc4F)C[C@@H]3C[C@H]2O)c1. The number of carbonyl (C=O) groups excluding carboxylic acids is 2. The average molecular weight is 427 g/mol. The maximum Gasteiger partial charge on any atom is 0.337 e. The van der Waals surface area contributed by atoms with Gasteiger partial charge in [0, 0.05) is 13.1 Å². The van der Waals surface area contributed by atoms with Gasteiger partial charge in [-0.05, 0) is 67.5 Å². The lowest BCUT2D eigenvalue weighted by Gasteiger charge is -2.35. The summed E-state index contributed by atoms with van der Waals surface area (Å²) in [5.41, 5.74) is 1.22. The van der Waals surface area contributed by atoms with Crippen molar-refractivity contribution in [2.24, 2.45) is 11.8 Å². The molecule has 2 aromatic carbocycles. The van der Waals surface area contributed by atoms with Gasteiger partial charge in [0.25, 0.3) is 5.91 Å². The zero-order valence-electron chi connectivity index (χ0n) is 17.6. The number of fused-ring (bicyclic) bond motifs is 1. The van der Waals surface area contributed by atoms with E-state index in [1.165, 1.54) is 19.2 Å². The highest BCUT2D eigenvalue weighted by Crippen LogP contribution is 2.38. The number of halogens is 1. The van der Waals surface area contributed by atoms with Crippen molar-refractivity contribution in [3.05, 3.63) is 65.0 Å². The van der Waals surface area contributed by atoms with E-state index in [1.807, 2.05) is 0 Å². The number of aliphatic hydroxyl groups is 1. The standard InChI is InChI=1S/C24H26FNO5/c1-14-6-7-19(20(25)8-14)23(28)26-12-16-10-21(27)22(11-17(16)13-26)31-18-5-3-4-15(9-18)24(29)30-2/h3-9,16-17,21-22,27H,10-13H2,1-2H3/t16-,17+,21+,22+/m0/s1. The molecule has 31 heavy (non-hydrogen) atoms. The lowest BCUT2D eigenvalue weighted by molar-refractivity contribution is -0.0231. The number of carbonyl (C=O) groups is 2. The average Bonchev–Trinajstić information content (AvgIpc) is 3.16. The predicted octanol–water partition coefficient (Wildman–Crippen LogP) is 3.21. The molecule has 1 saturated heterocycles. The molecule has 0 bridgehead atoms. The van der Waals surface area contributed by atoms with Crippen LogP contribution in [0, 0.1) is 24.6 Å². The summed E-state index contributed by atoms with van der Waals surface area (Å²) in [6, 6.07) is 11.3. The van der Waals surface area contributed by atoms with E-state index in [2.05, 4.69) is 0 Å². The molecule has 2 fully saturated rings. The summed E-state index contributed by atoms with van der Waals surface area (Å²) in [5, 5.41) is 10.6. The minimum Gasteiger partial charge on any atom is -0.488 e. The first-order chi connectivity index (χ1) is 14.9. The van der Waals surface area contributed by atoms with Gasteiger partial charge in [0.05, 0.1) is 24.3 Å². The van der Waals surface area contributed by atoms with Crippen molar-refractivity contribution in [1.82, 2.24) is 4.90 Å². The van der Waals surface area contributed by atoms with Crippen LogP contribution in [0.5, 0.6) is 5.75 Å². The largest absolute Gasteiger partial charge is 0.488 e. The Balaban J connectivity index is 1.43. The summed E-state index contributed by atoms with van der Waals surface area (Å²) >= 11 is 0. The highest BCUT2D eigenvalue weighted by molar-refractivity contribution is 5.94. The predicted molar refractivity (Wildman–Crippen MR) is 111 cm³/mol. The van der Waals surface area contributed by atoms with E-state index in [0.29, 0.717) is 37.2 Å². The summed E-state index contributed by atoms with van der Waals surface area (Å²) in [6.45, 7) is 2.79. The molecule has 4 atom stereocenters. The fourth-order valence-electron chi connectivity index (χ4n) is 4.64. The van der Waals surface area contributed by atoms with Gasteiger partial charge in [0.2, 0.25) is 0 Å². The molecule has 2 aliphatic rings. The Morgan fingerprint density at radius 2 is 1.84 bits per heavy atom. The van der Waals surface area contributed by atoms with Crippen molar-refractivity contribution < 1.29 is 28.6 Å². The third-order valence-corrected chi connectivity index (χ3v) is 6.27. The Hall–Kier alpha value is -2.93. The van der Waals surface area contributed by atoms with E-state index in [4.69, 9.17) is 9.47 Å². The zero-order valence-corrected chi connectivity index (χ0v) is 17.6. The highest BCUT2D eigenvalue weighted by atomic mass is 19.1. The molecule has 4 rings (SSSR count). The Labute approximate surface area is 180 Å². The highest BCUT2D eigenvalue weighted by Gasteiger charge is 2.44. The molecule has 1 saturated carbocycles. The van der Waals surface area contributed by atoms with Gasteiger partial charge in [0.15, 0.2) is 0 Å². The third kappa shape index (κ3) is 4.42. The molecule has 7 heteroatoms. The van der Waals surface area contributed by atoms with E-state index in [-0.39, 0.29) is 23.3 Å². The van der Waals surface area contributed by atoms with Crippen molar-refractivity contribution in [3.8, 4) is 5.75 Å². The van der Waals surface area contributed by atoms with Crippen molar-refractivity contribution in [2.45, 2.75) is 32.0 Å². The smallest absolute Gasteiger partial charge is 0.337 e. The van der Waals surface area contributed by atoms with Gasteiger partial charge in [-0.3, -0.25) is 4.79 Å². The summed E-state index contributed by atoms with van der Waals surface area (Å²) < 4.78 is 25.0. The topological polar surface area (TPSA) is 76.1 Å². The molecule has 0 aromatic heterocycles. The minimum absolute atomic E-state index is 0.0808. The van der Waals surface area contributed by atoms with Crippen LogP contribution in [-0.4, -0.2) is 54.3 Å². The van der Waals surface area contributed by atoms with Crippen LogP contribution < -0.4 is 4.74 Å². The number of ether oxygens (including phenoxy) is 2. The van der Waals surface area contributed by atoms with Crippen LogP contribution in [0.2, 0.25) is 0 Å². The van der Waals surface area contributed by atoms with E-state index in [0.717, 1.165) is 5.56 Å². The number of hydrogen-bond acceptors (Lipinski definition) is 5. The molecule has 1 amide bonds. The molecule has 0 unspecified atom stereocenters. The molecular formula is C24H26FNO5. The van der Waals surface area contributed by atoms with Crippen molar-refractivity contribution >= 4 is 11.9 Å². The normalized spacial score (nSPS) is 25.1. The minimum atomic E-state index is -0.686. The number of likely N-dealkylation sites (tertiary alicyclic amines) is 1. The molecule has 6 nitrogen and oxygen atoms in total. The number of aryl methyl sites for hydroxylation is 1. The second kappa shape index (κ2) is 8.67. The number of benzene rings is 2. The van der Waals surface area contributed by atoms with Gasteiger partial charge >= 0.3 is 5.97 Å². The number of aliphatic hydroxyl groups excluding tert-OH is 1. The van der Waals surface area contributed by atoms with Gasteiger partial charge < -0.3 is 19.5 Å². The monoisotopic (exact) mass is 427 g/mol. The van der Waals surface area contributed by atoms with Gasteiger partial charge in [-0.1, -0.05) is 12.1 Å². The van der Waals surface area contributed by atoms with Crippen LogP contribution in [0.25, 0.3) is 0 Å². The third-order valence-electron chi connectivity index (χ3n) is 6.27. The molecular weight excluding hydrogens is 401 g/mol. The molecule has 1 N–H and O–H groups in total. The molecule has 0 radical (unpaired) electrons. The van der Waals surface area contributed by atoms with Crippen molar-refractivity contribution in [1.29, 1.82) is 0 Å². The molecule has 1 heterocycles. The number of methoxy groups -OCH3 is 1. The first-order valence-corrected chi connectivity index (χ1v) is 10.4. The van der Waals surface area contributed by atoms with Crippen molar-refractivity contribution in [3.63, 3.8) is 0 Å². The number of amides is 1. The van der Waals surface area contributed by atoms with Gasteiger partial charge in [-0.25, -0.2) is 9.18 Å². The molecule has 1 aliphatic heterocycles. The summed E-state index contributed by atoms with van der Waals surface area (Å²) in [7, 11) is 1.32. The van der Waals surface area contributed by atoms with E-state index >= 15 is 0 Å². The zero-order chi connectivity index (χ0) is 22.1. The molecule has 1 aliphatic carbocycles. The quantitative estimate of drug-likeness (QED) is 0.759. The maximum absolute atomic E-state index is 14.3. The Morgan fingerprint density at radius 3 is 2.55 bits per heavy atom. The summed E-state index contributed by atoms with van der Waals surface area (Å²) in [5.74, 6) is -0.486. The van der Waals surface area contributed by atoms with Crippen LogP contribution in [0.15, 0.2) is 42.5 Å². The van der Waals surface area contributed by atoms with E-state index in [1.54, 1.807) is 42.2 Å². The van der Waals surface area contributed by atoms with Gasteiger partial charge in [-0.15, -0.1) is 0 Å². The maximum atomic E-state index is 14.3. The summed E-state index contributed by atoms with van der Waals surface area (Å²) in [6.07, 6.45) is -0.0461. The van der Waals surface area contributed by atoms with E-state index in [9.17, 15) is 19.1 Å². The lowest BCUT2D eigenvalue weighted by atomic mass is 9.78. The molecule has 0 spiro atoms. The summed E-state index contributed by atoms with van der Waals surface area (Å²) in [4.78, 5) is 26.3.